The second-order valence-corrected chi connectivity index (χ2v) is 6.42. The molecule has 6 heteroatoms. The summed E-state index contributed by atoms with van der Waals surface area (Å²) < 4.78 is 10.7. The molecule has 0 aromatic heterocycles. The van der Waals surface area contributed by atoms with Gasteiger partial charge in [0, 0.05) is 19.6 Å². The van der Waals surface area contributed by atoms with E-state index in [1.54, 1.807) is 7.11 Å². The standard InChI is InChI=1S/C19H24N2O4/c1-24-17-6-4-14(3-2-13-8-10-25-11-9-13)12-16(17)21-19(23)15-5-7-18(22)20-15/h2-4,6,12-13,15H,5,7-11H2,1H3,(H,20,22)(H,21,23). The third kappa shape index (κ3) is 4.60. The highest BCUT2D eigenvalue weighted by molar-refractivity contribution is 6.00. The van der Waals surface area contributed by atoms with Gasteiger partial charge in [0.1, 0.15) is 11.8 Å². The molecule has 1 aromatic carbocycles. The highest BCUT2D eigenvalue weighted by Gasteiger charge is 2.27. The van der Waals surface area contributed by atoms with Gasteiger partial charge in [0.15, 0.2) is 0 Å². The third-order valence-corrected chi connectivity index (χ3v) is 4.62. The Balaban J connectivity index is 1.69. The Bertz CT molecular complexity index is 665. The maximum atomic E-state index is 12.3. The number of carbonyl (C=O) groups is 2. The molecule has 2 saturated heterocycles. The van der Waals surface area contributed by atoms with Gasteiger partial charge in [-0.25, -0.2) is 0 Å². The molecule has 2 aliphatic heterocycles. The quantitative estimate of drug-likeness (QED) is 0.860. The summed E-state index contributed by atoms with van der Waals surface area (Å²) in [5.74, 6) is 0.832. The SMILES string of the molecule is COc1ccc(C=CC2CCOCC2)cc1NC(=O)C1CCC(=O)N1. The van der Waals surface area contributed by atoms with Crippen molar-refractivity contribution in [3.8, 4) is 5.75 Å². The monoisotopic (exact) mass is 344 g/mol. The van der Waals surface area contributed by atoms with E-state index in [-0.39, 0.29) is 11.8 Å². The number of anilines is 1. The molecule has 2 fully saturated rings. The number of carbonyl (C=O) groups excluding carboxylic acids is 2. The summed E-state index contributed by atoms with van der Waals surface area (Å²) in [7, 11) is 1.57. The molecule has 6 nitrogen and oxygen atoms in total. The predicted octanol–water partition coefficient (Wildman–Crippen LogP) is 2.35. The minimum absolute atomic E-state index is 0.0831. The van der Waals surface area contributed by atoms with Crippen LogP contribution in [0.15, 0.2) is 24.3 Å². The number of benzene rings is 1. The van der Waals surface area contributed by atoms with Gasteiger partial charge in [-0.05, 0) is 42.9 Å². The van der Waals surface area contributed by atoms with Crippen LogP contribution in [-0.4, -0.2) is 38.2 Å². The van der Waals surface area contributed by atoms with E-state index in [1.807, 2.05) is 18.2 Å². The van der Waals surface area contributed by atoms with Crippen molar-refractivity contribution in [2.24, 2.45) is 5.92 Å². The Morgan fingerprint density at radius 3 is 2.80 bits per heavy atom. The summed E-state index contributed by atoms with van der Waals surface area (Å²) in [6.45, 7) is 1.62. The van der Waals surface area contributed by atoms with Crippen LogP contribution in [0.2, 0.25) is 0 Å². The number of allylic oxidation sites excluding steroid dienone is 1. The molecule has 0 aliphatic carbocycles. The van der Waals surface area contributed by atoms with E-state index in [4.69, 9.17) is 9.47 Å². The molecule has 0 spiro atoms. The van der Waals surface area contributed by atoms with Crippen molar-refractivity contribution in [1.29, 1.82) is 0 Å². The van der Waals surface area contributed by atoms with E-state index < -0.39 is 6.04 Å². The van der Waals surface area contributed by atoms with Crippen LogP contribution in [0, 0.1) is 5.92 Å². The molecular weight excluding hydrogens is 320 g/mol. The average molecular weight is 344 g/mol. The zero-order valence-electron chi connectivity index (χ0n) is 14.4. The van der Waals surface area contributed by atoms with Crippen LogP contribution < -0.4 is 15.4 Å². The average Bonchev–Trinajstić information content (AvgIpc) is 3.07. The van der Waals surface area contributed by atoms with E-state index in [0.717, 1.165) is 31.6 Å². The number of methoxy groups -OCH3 is 1. The maximum absolute atomic E-state index is 12.3. The fourth-order valence-corrected chi connectivity index (χ4v) is 3.11. The summed E-state index contributed by atoms with van der Waals surface area (Å²) in [6, 6.07) is 5.22. The van der Waals surface area contributed by atoms with Gasteiger partial charge in [0.2, 0.25) is 11.8 Å². The second kappa shape index (κ2) is 8.16. The maximum Gasteiger partial charge on any atom is 0.247 e. The summed E-state index contributed by atoms with van der Waals surface area (Å²) in [4.78, 5) is 23.6. The molecule has 0 saturated carbocycles. The van der Waals surface area contributed by atoms with Gasteiger partial charge < -0.3 is 20.1 Å². The van der Waals surface area contributed by atoms with Crippen molar-refractivity contribution in [2.75, 3.05) is 25.6 Å². The highest BCUT2D eigenvalue weighted by Crippen LogP contribution is 2.27. The number of hydrogen-bond acceptors (Lipinski definition) is 4. The van der Waals surface area contributed by atoms with E-state index >= 15 is 0 Å². The number of nitrogens with one attached hydrogen (secondary N) is 2. The van der Waals surface area contributed by atoms with Crippen LogP contribution in [0.5, 0.6) is 5.75 Å². The summed E-state index contributed by atoms with van der Waals surface area (Å²) in [6.07, 6.45) is 7.27. The van der Waals surface area contributed by atoms with Crippen LogP contribution in [0.1, 0.15) is 31.2 Å². The molecule has 1 atom stereocenters. The summed E-state index contributed by atoms with van der Waals surface area (Å²) >= 11 is 0. The molecule has 134 valence electrons. The van der Waals surface area contributed by atoms with Crippen molar-refractivity contribution >= 4 is 23.6 Å². The van der Waals surface area contributed by atoms with E-state index in [2.05, 4.69) is 22.8 Å². The molecular formula is C19H24N2O4. The normalized spacial score (nSPS) is 21.3. The Labute approximate surface area is 147 Å². The minimum Gasteiger partial charge on any atom is -0.495 e. The largest absolute Gasteiger partial charge is 0.495 e. The van der Waals surface area contributed by atoms with Gasteiger partial charge in [-0.3, -0.25) is 9.59 Å². The van der Waals surface area contributed by atoms with Crippen LogP contribution in [-0.2, 0) is 14.3 Å². The number of rotatable bonds is 5. The third-order valence-electron chi connectivity index (χ3n) is 4.62. The fraction of sp³-hybridized carbons (Fsp3) is 0.474. The summed E-state index contributed by atoms with van der Waals surface area (Å²) in [5.41, 5.74) is 1.61. The molecule has 3 rings (SSSR count). The van der Waals surface area contributed by atoms with E-state index in [1.165, 1.54) is 0 Å². The Morgan fingerprint density at radius 2 is 2.12 bits per heavy atom. The van der Waals surface area contributed by atoms with Crippen molar-refractivity contribution in [3.63, 3.8) is 0 Å². The van der Waals surface area contributed by atoms with Gasteiger partial charge in [-0.15, -0.1) is 0 Å². The van der Waals surface area contributed by atoms with E-state index in [0.29, 0.717) is 30.2 Å². The van der Waals surface area contributed by atoms with E-state index in [9.17, 15) is 9.59 Å². The van der Waals surface area contributed by atoms with Crippen molar-refractivity contribution < 1.29 is 19.1 Å². The molecule has 2 aliphatic rings. The first-order chi connectivity index (χ1) is 12.2. The Morgan fingerprint density at radius 1 is 1.32 bits per heavy atom. The zero-order valence-corrected chi connectivity index (χ0v) is 14.4. The van der Waals surface area contributed by atoms with Crippen molar-refractivity contribution in [2.45, 2.75) is 31.7 Å². The number of amides is 2. The van der Waals surface area contributed by atoms with Crippen molar-refractivity contribution in [3.05, 3.63) is 29.8 Å². The molecule has 0 bridgehead atoms. The molecule has 2 N–H and O–H groups in total. The topological polar surface area (TPSA) is 76.7 Å². The fourth-order valence-electron chi connectivity index (χ4n) is 3.11. The van der Waals surface area contributed by atoms with Gasteiger partial charge in [-0.1, -0.05) is 18.2 Å². The Kier molecular flexibility index (Phi) is 5.71. The molecule has 25 heavy (non-hydrogen) atoms. The lowest BCUT2D eigenvalue weighted by Crippen LogP contribution is -2.37. The van der Waals surface area contributed by atoms with Crippen LogP contribution in [0.3, 0.4) is 0 Å². The smallest absolute Gasteiger partial charge is 0.247 e. The lowest BCUT2D eigenvalue weighted by molar-refractivity contribution is -0.122. The first kappa shape index (κ1) is 17.5. The molecule has 2 amide bonds. The Hall–Kier alpha value is -2.34. The summed E-state index contributed by atoms with van der Waals surface area (Å²) in [5, 5.41) is 5.55. The second-order valence-electron chi connectivity index (χ2n) is 6.42. The van der Waals surface area contributed by atoms with Gasteiger partial charge in [-0.2, -0.15) is 0 Å². The molecule has 0 radical (unpaired) electrons. The minimum atomic E-state index is -0.473. The lowest BCUT2D eigenvalue weighted by atomic mass is 9.99. The van der Waals surface area contributed by atoms with Crippen LogP contribution in [0.4, 0.5) is 5.69 Å². The van der Waals surface area contributed by atoms with Gasteiger partial charge in [0.05, 0.1) is 12.8 Å². The first-order valence-corrected chi connectivity index (χ1v) is 8.70. The molecule has 1 unspecified atom stereocenters. The van der Waals surface area contributed by atoms with Crippen LogP contribution >= 0.6 is 0 Å². The molecule has 2 heterocycles. The highest BCUT2D eigenvalue weighted by atomic mass is 16.5. The van der Waals surface area contributed by atoms with Gasteiger partial charge in [0.25, 0.3) is 0 Å². The first-order valence-electron chi connectivity index (χ1n) is 8.70. The zero-order chi connectivity index (χ0) is 17.6. The molecule has 1 aromatic rings. The van der Waals surface area contributed by atoms with Crippen molar-refractivity contribution in [1.82, 2.24) is 5.32 Å². The van der Waals surface area contributed by atoms with Crippen LogP contribution in [0.25, 0.3) is 6.08 Å². The number of ether oxygens (including phenoxy) is 2. The number of hydrogen-bond donors (Lipinski definition) is 2. The van der Waals surface area contributed by atoms with Gasteiger partial charge >= 0.3 is 0 Å². The predicted molar refractivity (Wildman–Crippen MR) is 95.4 cm³/mol. The lowest BCUT2D eigenvalue weighted by Gasteiger charge is -2.18.